The third-order valence-electron chi connectivity index (χ3n) is 7.17. The van der Waals surface area contributed by atoms with E-state index >= 15 is 0 Å². The van der Waals surface area contributed by atoms with Crippen LogP contribution in [0.3, 0.4) is 0 Å². The predicted octanol–water partition coefficient (Wildman–Crippen LogP) is 5.36. The summed E-state index contributed by atoms with van der Waals surface area (Å²) in [4.78, 5) is 30.1. The lowest BCUT2D eigenvalue weighted by Crippen LogP contribution is -2.66. The van der Waals surface area contributed by atoms with Crippen LogP contribution >= 0.6 is 0 Å². The van der Waals surface area contributed by atoms with Gasteiger partial charge in [-0.2, -0.15) is 4.79 Å². The van der Waals surface area contributed by atoms with Gasteiger partial charge < -0.3 is 9.84 Å². The van der Waals surface area contributed by atoms with Crippen LogP contribution in [-0.2, 0) is 17.8 Å². The molecule has 1 aliphatic heterocycles. The molecule has 1 saturated carbocycles. The molecule has 1 heterocycles. The van der Waals surface area contributed by atoms with Gasteiger partial charge >= 0.3 is 12.2 Å². The molecule has 1 saturated heterocycles. The van der Waals surface area contributed by atoms with E-state index in [0.29, 0.717) is 38.6 Å². The van der Waals surface area contributed by atoms with Crippen LogP contribution in [-0.4, -0.2) is 75.4 Å². The van der Waals surface area contributed by atoms with Crippen LogP contribution in [0.5, 0.6) is 0 Å². The first-order valence-electron chi connectivity index (χ1n) is 13.1. The second-order valence-electron chi connectivity index (χ2n) is 11.3. The Bertz CT molecular complexity index is 1020. The fourth-order valence-electron chi connectivity index (χ4n) is 5.16. The van der Waals surface area contributed by atoms with Crippen LogP contribution < -0.4 is 0 Å². The number of amides is 2. The minimum atomic E-state index is -0.837. The van der Waals surface area contributed by atoms with Gasteiger partial charge in [0.1, 0.15) is 25.2 Å². The Morgan fingerprint density at radius 2 is 1.64 bits per heavy atom. The van der Waals surface area contributed by atoms with Crippen molar-refractivity contribution >= 4 is 12.2 Å². The molecule has 4 rings (SSSR count). The molecule has 1 N–H and O–H groups in total. The zero-order valence-corrected chi connectivity index (χ0v) is 21.8. The molecule has 2 fully saturated rings. The van der Waals surface area contributed by atoms with Crippen LogP contribution in [0.1, 0.15) is 51.2 Å². The summed E-state index contributed by atoms with van der Waals surface area (Å²) in [6, 6.07) is 20.6. The molecule has 2 atom stereocenters. The number of ether oxygens (including phenoxy) is 1. The van der Waals surface area contributed by atoms with Crippen LogP contribution in [0.15, 0.2) is 60.7 Å². The highest BCUT2D eigenvalue weighted by Crippen LogP contribution is 2.31. The van der Waals surface area contributed by atoms with Gasteiger partial charge in [-0.05, 0) is 45.6 Å². The first-order valence-corrected chi connectivity index (χ1v) is 13.1. The average molecular weight is 495 g/mol. The Kier molecular flexibility index (Phi) is 8.00. The van der Waals surface area contributed by atoms with E-state index in [4.69, 9.17) is 4.74 Å². The Hall–Kier alpha value is -2.90. The van der Waals surface area contributed by atoms with Gasteiger partial charge in [0.2, 0.25) is 0 Å². The number of piperazine rings is 1. The number of rotatable bonds is 8. The summed E-state index contributed by atoms with van der Waals surface area (Å²) in [6.45, 7) is 8.78. The molecular weight excluding hydrogens is 454 g/mol. The van der Waals surface area contributed by atoms with E-state index in [0.717, 1.165) is 18.7 Å². The molecular formula is C29H40N3O4+. The third kappa shape index (κ3) is 6.86. The Balaban J connectivity index is 1.53. The van der Waals surface area contributed by atoms with Gasteiger partial charge in [-0.25, -0.2) is 9.28 Å². The summed E-state index contributed by atoms with van der Waals surface area (Å²) >= 11 is 0. The maximum absolute atomic E-state index is 13.2. The van der Waals surface area contributed by atoms with Crippen LogP contribution in [0.25, 0.3) is 0 Å². The number of carbonyl (C=O) groups is 2. The normalized spacial score (nSPS) is 22.4. The lowest BCUT2D eigenvalue weighted by molar-refractivity contribution is -0.878. The van der Waals surface area contributed by atoms with Gasteiger partial charge in [-0.15, -0.1) is 0 Å². The molecule has 1 aliphatic carbocycles. The number of carboxylic acid groups (broad SMARTS) is 1. The fraction of sp³-hybridized carbons (Fsp3) is 0.517. The van der Waals surface area contributed by atoms with Crippen molar-refractivity contribution < 1.29 is 23.9 Å². The fourth-order valence-corrected chi connectivity index (χ4v) is 5.16. The molecule has 2 aromatic carbocycles. The first-order chi connectivity index (χ1) is 17.2. The van der Waals surface area contributed by atoms with Crippen molar-refractivity contribution in [2.45, 2.75) is 70.8 Å². The number of carbonyl (C=O) groups excluding carboxylic acids is 1. The summed E-state index contributed by atoms with van der Waals surface area (Å²) in [7, 11) is 0. The van der Waals surface area contributed by atoms with E-state index in [1.165, 1.54) is 18.4 Å². The molecule has 0 radical (unpaired) electrons. The summed E-state index contributed by atoms with van der Waals surface area (Å²) in [5, 5.41) is 10.4. The summed E-state index contributed by atoms with van der Waals surface area (Å²) < 4.78 is 5.66. The molecule has 0 aromatic heterocycles. The van der Waals surface area contributed by atoms with Gasteiger partial charge in [-0.1, -0.05) is 60.7 Å². The van der Waals surface area contributed by atoms with E-state index < -0.39 is 11.7 Å². The minimum Gasteiger partial charge on any atom is -0.444 e. The SMILES string of the molecule is CC(C)(C)OC(=O)N1CC[N+](Cc2ccccc2)(C(=O)O)C[C@H]1CCN(Cc1ccccc1)C1CC1. The average Bonchev–Trinajstić information content (AvgIpc) is 3.67. The standard InChI is InChI=1S/C29H39N3O4/c1-29(2,3)36-27(33)31-18-19-32(28(34)35,21-24-12-8-5-9-13-24)22-26(31)16-17-30(25-14-15-25)20-23-10-6-4-7-11-23/h4-13,25-26H,14-22H2,1-3H3/p+1/t26-,32?/m1/s1. The van der Waals surface area contributed by atoms with Gasteiger partial charge in [0, 0.05) is 24.7 Å². The van der Waals surface area contributed by atoms with E-state index in [9.17, 15) is 14.7 Å². The lowest BCUT2D eigenvalue weighted by Gasteiger charge is -2.45. The van der Waals surface area contributed by atoms with Crippen molar-refractivity contribution in [3.8, 4) is 0 Å². The molecule has 1 unspecified atom stereocenters. The Morgan fingerprint density at radius 3 is 2.19 bits per heavy atom. The van der Waals surface area contributed by atoms with Gasteiger partial charge in [0.15, 0.2) is 0 Å². The van der Waals surface area contributed by atoms with E-state index in [-0.39, 0.29) is 16.6 Å². The van der Waals surface area contributed by atoms with Crippen LogP contribution in [0.4, 0.5) is 9.59 Å². The lowest BCUT2D eigenvalue weighted by atomic mass is 10.0. The zero-order valence-electron chi connectivity index (χ0n) is 21.8. The largest absolute Gasteiger partial charge is 0.513 e. The predicted molar refractivity (Wildman–Crippen MR) is 139 cm³/mol. The molecule has 2 aliphatic rings. The maximum atomic E-state index is 13.2. The zero-order chi connectivity index (χ0) is 25.8. The van der Waals surface area contributed by atoms with Gasteiger partial charge in [0.05, 0.1) is 12.6 Å². The van der Waals surface area contributed by atoms with Crippen LogP contribution in [0, 0.1) is 0 Å². The smallest absolute Gasteiger partial charge is 0.444 e. The highest BCUT2D eigenvalue weighted by molar-refractivity contribution is 5.69. The van der Waals surface area contributed by atoms with E-state index in [1.807, 2.05) is 57.2 Å². The van der Waals surface area contributed by atoms with Crippen molar-refractivity contribution in [3.05, 3.63) is 71.8 Å². The molecule has 36 heavy (non-hydrogen) atoms. The van der Waals surface area contributed by atoms with Gasteiger partial charge in [0.25, 0.3) is 0 Å². The highest BCUT2D eigenvalue weighted by atomic mass is 16.6. The number of hydrogen-bond donors (Lipinski definition) is 1. The Morgan fingerprint density at radius 1 is 1.03 bits per heavy atom. The monoisotopic (exact) mass is 494 g/mol. The maximum Gasteiger partial charge on any atom is 0.513 e. The summed E-state index contributed by atoms with van der Waals surface area (Å²) in [5.74, 6) is 0. The molecule has 7 nitrogen and oxygen atoms in total. The summed E-state index contributed by atoms with van der Waals surface area (Å²) in [6.07, 6.45) is 1.91. The van der Waals surface area contributed by atoms with Crippen molar-refractivity contribution in [3.63, 3.8) is 0 Å². The minimum absolute atomic E-state index is 0.0733. The van der Waals surface area contributed by atoms with E-state index in [2.05, 4.69) is 29.2 Å². The van der Waals surface area contributed by atoms with Crippen molar-refractivity contribution in [1.29, 1.82) is 0 Å². The second kappa shape index (κ2) is 11.0. The van der Waals surface area contributed by atoms with Crippen LogP contribution in [0.2, 0.25) is 0 Å². The molecule has 0 bridgehead atoms. The number of hydrogen-bond acceptors (Lipinski definition) is 4. The first kappa shape index (κ1) is 26.2. The van der Waals surface area contributed by atoms with Gasteiger partial charge in [-0.3, -0.25) is 9.80 Å². The van der Waals surface area contributed by atoms with Crippen molar-refractivity contribution in [1.82, 2.24) is 9.80 Å². The number of benzene rings is 2. The second-order valence-corrected chi connectivity index (χ2v) is 11.3. The molecule has 2 amide bonds. The van der Waals surface area contributed by atoms with Crippen molar-refractivity contribution in [2.24, 2.45) is 0 Å². The highest BCUT2D eigenvalue weighted by Gasteiger charge is 2.47. The summed E-state index contributed by atoms with van der Waals surface area (Å²) in [5.41, 5.74) is 1.67. The number of nitrogens with zero attached hydrogens (tertiary/aromatic N) is 3. The molecule has 194 valence electrons. The quantitative estimate of drug-likeness (QED) is 0.501. The molecule has 0 spiro atoms. The third-order valence-corrected chi connectivity index (χ3v) is 7.17. The Labute approximate surface area is 214 Å². The topological polar surface area (TPSA) is 70.1 Å². The number of quaternary nitrogens is 1. The molecule has 2 aromatic rings. The van der Waals surface area contributed by atoms with E-state index in [1.54, 1.807) is 4.90 Å². The molecule has 7 heteroatoms. The van der Waals surface area contributed by atoms with Crippen molar-refractivity contribution in [2.75, 3.05) is 26.2 Å².